The van der Waals surface area contributed by atoms with Crippen molar-refractivity contribution in [2.24, 2.45) is 0 Å². The minimum atomic E-state index is -0.0617. The lowest BCUT2D eigenvalue weighted by molar-refractivity contribution is 0.0767. The SMILES string of the molecule is C=C(Cl)CNc1ccnc(C(=O)N(CC)CC)c1. The Bertz CT molecular complexity index is 430. The second kappa shape index (κ2) is 7.01. The summed E-state index contributed by atoms with van der Waals surface area (Å²) >= 11 is 5.68. The number of carbonyl (C=O) groups is 1. The van der Waals surface area contributed by atoms with E-state index in [0.717, 1.165) is 5.69 Å². The first-order chi connectivity index (χ1) is 8.58. The molecule has 0 aliphatic heterocycles. The summed E-state index contributed by atoms with van der Waals surface area (Å²) in [5.41, 5.74) is 1.24. The van der Waals surface area contributed by atoms with Crippen LogP contribution in [0.1, 0.15) is 24.3 Å². The molecule has 1 aromatic rings. The van der Waals surface area contributed by atoms with Gasteiger partial charge in [-0.25, -0.2) is 0 Å². The van der Waals surface area contributed by atoms with E-state index in [0.29, 0.717) is 30.4 Å². The van der Waals surface area contributed by atoms with E-state index >= 15 is 0 Å². The van der Waals surface area contributed by atoms with Crippen LogP contribution in [0.25, 0.3) is 0 Å². The van der Waals surface area contributed by atoms with Gasteiger partial charge in [-0.3, -0.25) is 9.78 Å². The molecule has 0 fully saturated rings. The molecule has 1 amide bonds. The Hall–Kier alpha value is -1.55. The summed E-state index contributed by atoms with van der Waals surface area (Å²) in [6, 6.07) is 3.51. The largest absolute Gasteiger partial charge is 0.380 e. The number of nitrogens with zero attached hydrogens (tertiary/aromatic N) is 2. The average Bonchev–Trinajstić information content (AvgIpc) is 2.38. The highest BCUT2D eigenvalue weighted by Gasteiger charge is 2.13. The predicted molar refractivity (Wildman–Crippen MR) is 75.0 cm³/mol. The molecule has 0 aromatic carbocycles. The molecule has 98 valence electrons. The summed E-state index contributed by atoms with van der Waals surface area (Å²) in [4.78, 5) is 17.9. The summed E-state index contributed by atoms with van der Waals surface area (Å²) in [5.74, 6) is -0.0617. The van der Waals surface area contributed by atoms with E-state index in [1.54, 1.807) is 23.2 Å². The highest BCUT2D eigenvalue weighted by Crippen LogP contribution is 2.11. The Morgan fingerprint density at radius 3 is 2.72 bits per heavy atom. The Balaban J connectivity index is 2.81. The van der Waals surface area contributed by atoms with Crippen LogP contribution < -0.4 is 5.32 Å². The maximum atomic E-state index is 12.1. The van der Waals surface area contributed by atoms with Gasteiger partial charge < -0.3 is 10.2 Å². The number of carbonyl (C=O) groups excluding carboxylic acids is 1. The van der Waals surface area contributed by atoms with Gasteiger partial charge in [0.2, 0.25) is 0 Å². The number of rotatable bonds is 6. The highest BCUT2D eigenvalue weighted by molar-refractivity contribution is 6.29. The summed E-state index contributed by atoms with van der Waals surface area (Å²) in [5, 5.41) is 3.59. The third-order valence-corrected chi connectivity index (χ3v) is 2.65. The van der Waals surface area contributed by atoms with E-state index in [1.807, 2.05) is 13.8 Å². The number of aromatic nitrogens is 1. The summed E-state index contributed by atoms with van der Waals surface area (Å²) in [6.45, 7) is 9.30. The molecular formula is C13H18ClN3O. The van der Waals surface area contributed by atoms with Crippen molar-refractivity contribution in [1.29, 1.82) is 0 Å². The van der Waals surface area contributed by atoms with Crippen LogP contribution in [0.2, 0.25) is 0 Å². The van der Waals surface area contributed by atoms with Gasteiger partial charge in [0, 0.05) is 30.0 Å². The maximum Gasteiger partial charge on any atom is 0.272 e. The standard InChI is InChI=1S/C13H18ClN3O/c1-4-17(5-2)13(18)12-8-11(6-7-15-12)16-9-10(3)14/h6-8H,3-5,9H2,1-2H3,(H,15,16). The lowest BCUT2D eigenvalue weighted by atomic mass is 10.2. The normalized spacial score (nSPS) is 9.94. The number of hydrogen-bond acceptors (Lipinski definition) is 3. The zero-order valence-electron chi connectivity index (χ0n) is 10.7. The predicted octanol–water partition coefficient (Wildman–Crippen LogP) is 2.73. The second-order valence-corrected chi connectivity index (χ2v) is 4.31. The van der Waals surface area contributed by atoms with Crippen molar-refractivity contribution in [2.75, 3.05) is 25.0 Å². The molecule has 0 atom stereocenters. The first kappa shape index (κ1) is 14.5. The van der Waals surface area contributed by atoms with Gasteiger partial charge in [-0.05, 0) is 26.0 Å². The molecule has 1 N–H and O–H groups in total. The second-order valence-electron chi connectivity index (χ2n) is 3.78. The zero-order chi connectivity index (χ0) is 13.5. The van der Waals surface area contributed by atoms with Gasteiger partial charge in [-0.1, -0.05) is 18.2 Å². The van der Waals surface area contributed by atoms with Crippen molar-refractivity contribution in [2.45, 2.75) is 13.8 Å². The van der Waals surface area contributed by atoms with Crippen LogP contribution in [0.5, 0.6) is 0 Å². The van der Waals surface area contributed by atoms with Crippen molar-refractivity contribution >= 4 is 23.2 Å². The van der Waals surface area contributed by atoms with Crippen molar-refractivity contribution in [3.8, 4) is 0 Å². The van der Waals surface area contributed by atoms with Gasteiger partial charge in [0.1, 0.15) is 5.69 Å². The lowest BCUT2D eigenvalue weighted by Crippen LogP contribution is -2.31. The Morgan fingerprint density at radius 2 is 2.17 bits per heavy atom. The fourth-order valence-electron chi connectivity index (χ4n) is 1.53. The molecule has 0 saturated carbocycles. The Labute approximate surface area is 113 Å². The van der Waals surface area contributed by atoms with Gasteiger partial charge in [0.05, 0.1) is 6.54 Å². The van der Waals surface area contributed by atoms with Gasteiger partial charge in [-0.15, -0.1) is 0 Å². The average molecular weight is 268 g/mol. The first-order valence-electron chi connectivity index (χ1n) is 5.91. The molecular weight excluding hydrogens is 250 g/mol. The smallest absolute Gasteiger partial charge is 0.272 e. The molecule has 0 bridgehead atoms. The van der Waals surface area contributed by atoms with Crippen LogP contribution in [0.3, 0.4) is 0 Å². The molecule has 0 saturated heterocycles. The Morgan fingerprint density at radius 1 is 1.50 bits per heavy atom. The minimum absolute atomic E-state index is 0.0617. The number of anilines is 1. The van der Waals surface area contributed by atoms with Gasteiger partial charge >= 0.3 is 0 Å². The topological polar surface area (TPSA) is 45.2 Å². The van der Waals surface area contributed by atoms with E-state index in [-0.39, 0.29) is 5.91 Å². The molecule has 0 aliphatic carbocycles. The number of pyridine rings is 1. The fourth-order valence-corrected chi connectivity index (χ4v) is 1.60. The molecule has 1 aromatic heterocycles. The molecule has 4 nitrogen and oxygen atoms in total. The third-order valence-electron chi connectivity index (χ3n) is 2.51. The lowest BCUT2D eigenvalue weighted by Gasteiger charge is -2.18. The summed E-state index contributed by atoms with van der Waals surface area (Å²) in [6.07, 6.45) is 1.61. The molecule has 1 heterocycles. The molecule has 5 heteroatoms. The fraction of sp³-hybridized carbons (Fsp3) is 0.385. The van der Waals surface area contributed by atoms with Crippen LogP contribution >= 0.6 is 11.6 Å². The number of nitrogens with one attached hydrogen (secondary N) is 1. The van der Waals surface area contributed by atoms with Crippen molar-refractivity contribution in [1.82, 2.24) is 9.88 Å². The highest BCUT2D eigenvalue weighted by atomic mass is 35.5. The molecule has 0 radical (unpaired) electrons. The van der Waals surface area contributed by atoms with Crippen LogP contribution in [0.4, 0.5) is 5.69 Å². The van der Waals surface area contributed by atoms with Crippen molar-refractivity contribution in [3.05, 3.63) is 35.6 Å². The maximum absolute atomic E-state index is 12.1. The first-order valence-corrected chi connectivity index (χ1v) is 6.28. The molecule has 0 unspecified atom stereocenters. The van der Waals surface area contributed by atoms with Crippen molar-refractivity contribution < 1.29 is 4.79 Å². The monoisotopic (exact) mass is 267 g/mol. The van der Waals surface area contributed by atoms with E-state index in [2.05, 4.69) is 16.9 Å². The van der Waals surface area contributed by atoms with Crippen LogP contribution in [-0.2, 0) is 0 Å². The molecule has 0 spiro atoms. The molecule has 0 aliphatic rings. The van der Waals surface area contributed by atoms with Gasteiger partial charge in [0.25, 0.3) is 5.91 Å². The van der Waals surface area contributed by atoms with E-state index in [1.165, 1.54) is 0 Å². The van der Waals surface area contributed by atoms with Crippen LogP contribution in [-0.4, -0.2) is 35.4 Å². The van der Waals surface area contributed by atoms with E-state index in [9.17, 15) is 4.79 Å². The summed E-state index contributed by atoms with van der Waals surface area (Å²) in [7, 11) is 0. The van der Waals surface area contributed by atoms with Gasteiger partial charge in [-0.2, -0.15) is 0 Å². The molecule has 18 heavy (non-hydrogen) atoms. The van der Waals surface area contributed by atoms with E-state index < -0.39 is 0 Å². The quantitative estimate of drug-likeness (QED) is 0.862. The Kier molecular flexibility index (Phi) is 5.65. The number of amides is 1. The number of halogens is 1. The van der Waals surface area contributed by atoms with E-state index in [4.69, 9.17) is 11.6 Å². The minimum Gasteiger partial charge on any atom is -0.380 e. The summed E-state index contributed by atoms with van der Waals surface area (Å²) < 4.78 is 0. The van der Waals surface area contributed by atoms with Crippen molar-refractivity contribution in [3.63, 3.8) is 0 Å². The van der Waals surface area contributed by atoms with Crippen LogP contribution in [0, 0.1) is 0 Å². The zero-order valence-corrected chi connectivity index (χ0v) is 11.5. The molecule has 1 rings (SSSR count). The van der Waals surface area contributed by atoms with Gasteiger partial charge in [0.15, 0.2) is 0 Å². The number of hydrogen-bond donors (Lipinski definition) is 1. The third kappa shape index (κ3) is 4.04. The van der Waals surface area contributed by atoms with Crippen LogP contribution in [0.15, 0.2) is 29.9 Å².